The number of hydrogen-bond donors (Lipinski definition) is 3. The van der Waals surface area contributed by atoms with Gasteiger partial charge in [-0.3, -0.25) is 9.59 Å². The van der Waals surface area contributed by atoms with Crippen LogP contribution in [-0.2, 0) is 6.18 Å². The van der Waals surface area contributed by atoms with Crippen molar-refractivity contribution in [3.05, 3.63) is 99.7 Å². The average molecular weight is 595 g/mol. The lowest BCUT2D eigenvalue weighted by molar-refractivity contribution is -0.140. The van der Waals surface area contributed by atoms with Crippen molar-refractivity contribution in [3.8, 4) is 0 Å². The molecule has 3 aromatic carbocycles. The minimum atomic E-state index is -4.57. The highest BCUT2D eigenvalue weighted by atomic mass is 35.5. The predicted octanol–water partition coefficient (Wildman–Crippen LogP) is 7.93. The van der Waals surface area contributed by atoms with Crippen LogP contribution in [0.2, 0.25) is 5.02 Å². The fourth-order valence-electron chi connectivity index (χ4n) is 5.35. The molecule has 0 bridgehead atoms. The van der Waals surface area contributed by atoms with Crippen LogP contribution in [0.5, 0.6) is 0 Å². The zero-order chi connectivity index (χ0) is 30.0. The van der Waals surface area contributed by atoms with E-state index in [0.717, 1.165) is 17.2 Å². The van der Waals surface area contributed by atoms with Gasteiger partial charge < -0.3 is 16.0 Å². The molecule has 42 heavy (non-hydrogen) atoms. The molecule has 1 saturated carbocycles. The van der Waals surface area contributed by atoms with Gasteiger partial charge in [0.2, 0.25) is 0 Å². The summed E-state index contributed by atoms with van der Waals surface area (Å²) in [6.07, 6.45) is -1.90. The number of alkyl halides is 3. The number of aryl methyl sites for hydroxylation is 2. The SMILES string of the molecule is Cc1ccccc1C(=O)Nc1ccc(C(=O)N[C@H]2CC[C@@H](Nc3cc(C(F)(F)F)nc4ccc(Cl)cc34)CC2)c(C)c1. The minimum Gasteiger partial charge on any atom is -0.382 e. The van der Waals surface area contributed by atoms with Gasteiger partial charge in [0, 0.05) is 45.0 Å². The lowest BCUT2D eigenvalue weighted by Gasteiger charge is -2.31. The van der Waals surface area contributed by atoms with Crippen LogP contribution in [0.1, 0.15) is 63.2 Å². The van der Waals surface area contributed by atoms with E-state index in [4.69, 9.17) is 11.6 Å². The minimum absolute atomic E-state index is 0.0650. The van der Waals surface area contributed by atoms with Crippen molar-refractivity contribution in [3.63, 3.8) is 0 Å². The highest BCUT2D eigenvalue weighted by molar-refractivity contribution is 6.31. The molecule has 4 aromatic rings. The topological polar surface area (TPSA) is 83.1 Å². The second kappa shape index (κ2) is 12.0. The van der Waals surface area contributed by atoms with Crippen LogP contribution < -0.4 is 16.0 Å². The molecule has 0 spiro atoms. The fraction of sp³-hybridized carbons (Fsp3) is 0.281. The second-order valence-corrected chi connectivity index (χ2v) is 11.1. The summed E-state index contributed by atoms with van der Waals surface area (Å²) in [7, 11) is 0. The molecule has 2 amide bonds. The van der Waals surface area contributed by atoms with Gasteiger partial charge in [0.1, 0.15) is 5.69 Å². The van der Waals surface area contributed by atoms with Crippen LogP contribution in [0, 0.1) is 13.8 Å². The van der Waals surface area contributed by atoms with Crippen LogP contribution in [0.4, 0.5) is 24.5 Å². The van der Waals surface area contributed by atoms with Gasteiger partial charge in [0.25, 0.3) is 11.8 Å². The molecular weight excluding hydrogens is 565 g/mol. The van der Waals surface area contributed by atoms with Crippen molar-refractivity contribution in [2.24, 2.45) is 0 Å². The van der Waals surface area contributed by atoms with Crippen molar-refractivity contribution < 1.29 is 22.8 Å². The molecule has 5 rings (SSSR count). The summed E-state index contributed by atoms with van der Waals surface area (Å²) in [6, 6.07) is 18.0. The molecule has 0 aliphatic heterocycles. The number of carbonyl (C=O) groups is 2. The lowest BCUT2D eigenvalue weighted by atomic mass is 9.90. The number of amides is 2. The Morgan fingerprint density at radius 3 is 2.21 bits per heavy atom. The predicted molar refractivity (Wildman–Crippen MR) is 159 cm³/mol. The zero-order valence-electron chi connectivity index (χ0n) is 23.1. The largest absolute Gasteiger partial charge is 0.433 e. The molecule has 0 saturated heterocycles. The third kappa shape index (κ3) is 6.68. The van der Waals surface area contributed by atoms with E-state index in [9.17, 15) is 22.8 Å². The van der Waals surface area contributed by atoms with Crippen molar-refractivity contribution >= 4 is 45.7 Å². The molecule has 3 N–H and O–H groups in total. The first kappa shape index (κ1) is 29.4. The first-order valence-electron chi connectivity index (χ1n) is 13.7. The van der Waals surface area contributed by atoms with Gasteiger partial charge in [-0.2, -0.15) is 13.2 Å². The maximum atomic E-state index is 13.5. The quantitative estimate of drug-likeness (QED) is 0.212. The monoisotopic (exact) mass is 594 g/mol. The summed E-state index contributed by atoms with van der Waals surface area (Å²) in [4.78, 5) is 29.5. The molecule has 0 radical (unpaired) electrons. The van der Waals surface area contributed by atoms with Crippen LogP contribution in [0.3, 0.4) is 0 Å². The smallest absolute Gasteiger partial charge is 0.382 e. The van der Waals surface area contributed by atoms with Crippen LogP contribution in [0.25, 0.3) is 10.9 Å². The number of benzene rings is 3. The normalized spacial score (nSPS) is 17.1. The molecule has 1 aliphatic carbocycles. The molecule has 1 aromatic heterocycles. The third-order valence-corrected chi connectivity index (χ3v) is 7.84. The Hall–Kier alpha value is -4.11. The van der Waals surface area contributed by atoms with E-state index in [1.807, 2.05) is 32.0 Å². The van der Waals surface area contributed by atoms with E-state index >= 15 is 0 Å². The molecule has 1 heterocycles. The maximum absolute atomic E-state index is 13.5. The molecule has 10 heteroatoms. The Labute approximate surface area is 246 Å². The number of nitrogens with zero attached hydrogens (tertiary/aromatic N) is 1. The van der Waals surface area contributed by atoms with E-state index in [2.05, 4.69) is 20.9 Å². The molecule has 6 nitrogen and oxygen atoms in total. The van der Waals surface area contributed by atoms with E-state index in [1.54, 1.807) is 30.3 Å². The first-order valence-corrected chi connectivity index (χ1v) is 14.1. The van der Waals surface area contributed by atoms with Gasteiger partial charge in [-0.25, -0.2) is 4.98 Å². The maximum Gasteiger partial charge on any atom is 0.433 e. The van der Waals surface area contributed by atoms with E-state index in [1.165, 1.54) is 12.1 Å². The summed E-state index contributed by atoms with van der Waals surface area (Å²) < 4.78 is 40.4. The van der Waals surface area contributed by atoms with Crippen molar-refractivity contribution in [2.75, 3.05) is 10.6 Å². The summed E-state index contributed by atoms with van der Waals surface area (Å²) >= 11 is 6.12. The Morgan fingerprint density at radius 2 is 1.52 bits per heavy atom. The Balaban J connectivity index is 1.20. The van der Waals surface area contributed by atoms with Crippen LogP contribution in [0.15, 0.2) is 66.7 Å². The number of carbonyl (C=O) groups excluding carboxylic acids is 2. The van der Waals surface area contributed by atoms with Gasteiger partial charge in [0.15, 0.2) is 0 Å². The standard InChI is InChI=1S/C32H30ClF3N4O2/c1-18-5-3-4-6-24(18)30(41)39-23-12-13-25(19(2)15-23)31(42)38-22-10-8-21(9-11-22)37-28-17-29(32(34,35)36)40-27-14-7-20(33)16-26(27)28/h3-7,12-17,21-22H,8-11H2,1-2H3,(H,37,40)(H,38,42)(H,39,41)/t21-,22+. The van der Waals surface area contributed by atoms with Gasteiger partial charge >= 0.3 is 6.18 Å². The Morgan fingerprint density at radius 1 is 0.833 bits per heavy atom. The molecule has 218 valence electrons. The highest BCUT2D eigenvalue weighted by Crippen LogP contribution is 2.35. The summed E-state index contributed by atoms with van der Waals surface area (Å²) in [6.45, 7) is 3.69. The van der Waals surface area contributed by atoms with Crippen LogP contribution in [-0.4, -0.2) is 28.9 Å². The first-order chi connectivity index (χ1) is 20.0. The summed E-state index contributed by atoms with van der Waals surface area (Å²) in [5.74, 6) is -0.419. The van der Waals surface area contributed by atoms with Gasteiger partial charge in [-0.1, -0.05) is 29.8 Å². The Kier molecular flexibility index (Phi) is 8.41. The number of rotatable bonds is 6. The molecule has 0 unspecified atom stereocenters. The number of nitrogens with one attached hydrogen (secondary N) is 3. The number of halogens is 4. The Bertz CT molecular complexity index is 1650. The number of aromatic nitrogens is 1. The average Bonchev–Trinajstić information content (AvgIpc) is 2.94. The highest BCUT2D eigenvalue weighted by Gasteiger charge is 2.34. The molecular formula is C32H30ClF3N4O2. The van der Waals surface area contributed by atoms with E-state index < -0.39 is 11.9 Å². The van der Waals surface area contributed by atoms with Crippen LogP contribution >= 0.6 is 11.6 Å². The second-order valence-electron chi connectivity index (χ2n) is 10.7. The third-order valence-electron chi connectivity index (χ3n) is 7.60. The number of anilines is 2. The number of pyridine rings is 1. The van der Waals surface area contributed by atoms with Gasteiger partial charge in [-0.15, -0.1) is 0 Å². The summed E-state index contributed by atoms with van der Waals surface area (Å²) in [5, 5.41) is 10.2. The van der Waals surface area contributed by atoms with Crippen molar-refractivity contribution in [2.45, 2.75) is 57.8 Å². The molecule has 1 aliphatic rings. The van der Waals surface area contributed by atoms with E-state index in [-0.39, 0.29) is 29.4 Å². The van der Waals surface area contributed by atoms with Gasteiger partial charge in [-0.05, 0) is 99.2 Å². The van der Waals surface area contributed by atoms with Gasteiger partial charge in [0.05, 0.1) is 5.52 Å². The lowest BCUT2D eigenvalue weighted by Crippen LogP contribution is -2.40. The number of hydrogen-bond acceptors (Lipinski definition) is 4. The van der Waals surface area contributed by atoms with Crippen molar-refractivity contribution in [1.82, 2.24) is 10.3 Å². The number of fused-ring (bicyclic) bond motifs is 1. The summed E-state index contributed by atoms with van der Waals surface area (Å²) in [5.41, 5.74) is 2.90. The van der Waals surface area contributed by atoms with E-state index in [0.29, 0.717) is 58.6 Å². The van der Waals surface area contributed by atoms with Crippen molar-refractivity contribution in [1.29, 1.82) is 0 Å². The zero-order valence-corrected chi connectivity index (χ0v) is 23.9. The molecule has 1 fully saturated rings. The fourth-order valence-corrected chi connectivity index (χ4v) is 5.52. The molecule has 0 atom stereocenters.